The molecule has 0 unspecified atom stereocenters. The van der Waals surface area contributed by atoms with Crippen LogP contribution < -0.4 is 0 Å². The molecule has 7 aromatic rings. The van der Waals surface area contributed by atoms with Crippen molar-refractivity contribution in [2.75, 3.05) is 0 Å². The van der Waals surface area contributed by atoms with Crippen LogP contribution >= 0.6 is 11.3 Å². The second-order valence-electron chi connectivity index (χ2n) is 7.87. The van der Waals surface area contributed by atoms with Gasteiger partial charge in [-0.2, -0.15) is 0 Å². The van der Waals surface area contributed by atoms with Crippen molar-refractivity contribution < 1.29 is 0 Å². The van der Waals surface area contributed by atoms with Gasteiger partial charge in [0.05, 0.1) is 5.52 Å². The Morgan fingerprint density at radius 3 is 2.33 bits per heavy atom. The molecular formula is C28H17NS. The second kappa shape index (κ2) is 5.94. The van der Waals surface area contributed by atoms with Crippen LogP contribution in [0.1, 0.15) is 0 Å². The number of aromatic nitrogens is 1. The Bertz CT molecular complexity index is 1750. The van der Waals surface area contributed by atoms with Gasteiger partial charge in [-0.25, -0.2) is 0 Å². The Morgan fingerprint density at radius 1 is 0.567 bits per heavy atom. The summed E-state index contributed by atoms with van der Waals surface area (Å²) in [5.41, 5.74) is 4.91. The number of hydrogen-bond acceptors (Lipinski definition) is 1. The van der Waals surface area contributed by atoms with Gasteiger partial charge in [-0.05, 0) is 40.6 Å². The molecule has 0 atom stereocenters. The van der Waals surface area contributed by atoms with Crippen LogP contribution in [0.25, 0.3) is 63.9 Å². The highest BCUT2D eigenvalue weighted by atomic mass is 32.1. The number of hydrogen-bond donors (Lipinski definition) is 1. The summed E-state index contributed by atoms with van der Waals surface area (Å²) in [7, 11) is 0. The second-order valence-corrected chi connectivity index (χ2v) is 8.96. The van der Waals surface area contributed by atoms with Crippen LogP contribution in [0.2, 0.25) is 0 Å². The first kappa shape index (κ1) is 16.2. The number of para-hydroxylation sites is 2. The van der Waals surface area contributed by atoms with Gasteiger partial charge >= 0.3 is 0 Å². The zero-order valence-corrected chi connectivity index (χ0v) is 17.0. The van der Waals surface area contributed by atoms with Crippen LogP contribution in [0.5, 0.6) is 0 Å². The van der Waals surface area contributed by atoms with E-state index in [0.29, 0.717) is 0 Å². The molecule has 0 bridgehead atoms. The molecule has 140 valence electrons. The van der Waals surface area contributed by atoms with Gasteiger partial charge in [0.25, 0.3) is 0 Å². The smallest absolute Gasteiger partial charge is 0.0544 e. The van der Waals surface area contributed by atoms with Gasteiger partial charge in [0.1, 0.15) is 0 Å². The molecule has 0 aliphatic rings. The van der Waals surface area contributed by atoms with Crippen LogP contribution in [0, 0.1) is 0 Å². The number of rotatable bonds is 1. The highest BCUT2D eigenvalue weighted by Crippen LogP contribution is 2.41. The predicted octanol–water partition coefficient (Wildman–Crippen LogP) is 8.51. The molecule has 30 heavy (non-hydrogen) atoms. The Labute approximate surface area is 177 Å². The third kappa shape index (κ3) is 2.17. The Kier molecular flexibility index (Phi) is 3.21. The van der Waals surface area contributed by atoms with E-state index in [1.54, 1.807) is 0 Å². The molecular weight excluding hydrogens is 382 g/mol. The van der Waals surface area contributed by atoms with Crippen LogP contribution in [0.3, 0.4) is 0 Å². The van der Waals surface area contributed by atoms with E-state index in [9.17, 15) is 0 Å². The lowest BCUT2D eigenvalue weighted by Gasteiger charge is -2.05. The van der Waals surface area contributed by atoms with Gasteiger partial charge in [0.15, 0.2) is 0 Å². The third-order valence-corrected chi connectivity index (χ3v) is 7.35. The molecule has 0 aliphatic heterocycles. The topological polar surface area (TPSA) is 15.8 Å². The summed E-state index contributed by atoms with van der Waals surface area (Å²) in [6.07, 6.45) is 0. The number of thiophene rings is 1. The molecule has 2 heterocycles. The first-order valence-corrected chi connectivity index (χ1v) is 11.0. The van der Waals surface area contributed by atoms with E-state index < -0.39 is 0 Å². The molecule has 0 saturated carbocycles. The molecule has 2 heteroatoms. The van der Waals surface area contributed by atoms with Gasteiger partial charge in [-0.1, -0.05) is 72.8 Å². The molecule has 0 saturated heterocycles. The van der Waals surface area contributed by atoms with E-state index in [4.69, 9.17) is 0 Å². The van der Waals surface area contributed by atoms with Crippen molar-refractivity contribution in [3.8, 4) is 11.1 Å². The van der Waals surface area contributed by atoms with Crippen molar-refractivity contribution >= 4 is 64.1 Å². The lowest BCUT2D eigenvalue weighted by molar-refractivity contribution is 1.54. The number of H-pyrrole nitrogens is 1. The summed E-state index contributed by atoms with van der Waals surface area (Å²) >= 11 is 1.88. The zero-order chi connectivity index (χ0) is 19.7. The molecule has 0 aliphatic carbocycles. The fourth-order valence-corrected chi connectivity index (χ4v) is 5.93. The number of nitrogens with one attached hydrogen (secondary N) is 1. The number of aromatic amines is 1. The third-order valence-electron chi connectivity index (χ3n) is 6.21. The number of benzene rings is 5. The molecule has 2 aromatic heterocycles. The summed E-state index contributed by atoms with van der Waals surface area (Å²) in [6.45, 7) is 0. The van der Waals surface area contributed by atoms with E-state index in [2.05, 4.69) is 102 Å². The fourth-order valence-electron chi connectivity index (χ4n) is 4.83. The minimum absolute atomic E-state index is 1.19. The van der Waals surface area contributed by atoms with E-state index in [-0.39, 0.29) is 0 Å². The fraction of sp³-hybridized carbons (Fsp3) is 0. The first-order chi connectivity index (χ1) is 14.9. The summed E-state index contributed by atoms with van der Waals surface area (Å²) in [6, 6.07) is 35.3. The summed E-state index contributed by atoms with van der Waals surface area (Å²) in [5.74, 6) is 0. The SMILES string of the molecule is c1ccc2c(c1)ccc1sc3ccc(-c4cccc5c4[nH]c4ccccc45)cc3c12. The van der Waals surface area contributed by atoms with E-state index in [1.807, 2.05) is 11.3 Å². The maximum Gasteiger partial charge on any atom is 0.0544 e. The van der Waals surface area contributed by atoms with Gasteiger partial charge in [0, 0.05) is 42.0 Å². The van der Waals surface area contributed by atoms with Gasteiger partial charge in [-0.15, -0.1) is 11.3 Å². The number of fused-ring (bicyclic) bond motifs is 8. The first-order valence-electron chi connectivity index (χ1n) is 10.2. The van der Waals surface area contributed by atoms with Crippen molar-refractivity contribution in [1.82, 2.24) is 4.98 Å². The molecule has 0 fully saturated rings. The molecule has 7 rings (SSSR count). The monoisotopic (exact) mass is 399 g/mol. The lowest BCUT2D eigenvalue weighted by atomic mass is 9.98. The quantitative estimate of drug-likeness (QED) is 0.285. The minimum Gasteiger partial charge on any atom is -0.354 e. The van der Waals surface area contributed by atoms with Gasteiger partial charge in [-0.3, -0.25) is 0 Å². The highest BCUT2D eigenvalue weighted by molar-refractivity contribution is 7.26. The average molecular weight is 400 g/mol. The molecule has 1 N–H and O–H groups in total. The maximum absolute atomic E-state index is 3.66. The molecule has 1 nitrogen and oxygen atoms in total. The van der Waals surface area contributed by atoms with Gasteiger partial charge < -0.3 is 4.98 Å². The van der Waals surface area contributed by atoms with Crippen LogP contribution in [0.4, 0.5) is 0 Å². The summed E-state index contributed by atoms with van der Waals surface area (Å²) in [4.78, 5) is 3.66. The standard InChI is InChI=1S/C28H17NS/c1-2-7-19-17(6-1)12-15-26-27(19)23-16-18(13-14-25(23)30-26)20-9-5-10-22-21-8-3-4-11-24(21)29-28(20)22/h1-16,29H. The van der Waals surface area contributed by atoms with Crippen molar-refractivity contribution in [1.29, 1.82) is 0 Å². The molecule has 0 amide bonds. The van der Waals surface area contributed by atoms with Gasteiger partial charge in [0.2, 0.25) is 0 Å². The Morgan fingerprint density at radius 2 is 1.37 bits per heavy atom. The van der Waals surface area contributed by atoms with Crippen molar-refractivity contribution in [2.24, 2.45) is 0 Å². The summed E-state index contributed by atoms with van der Waals surface area (Å²) in [5, 5.41) is 7.91. The molecule has 0 spiro atoms. The largest absolute Gasteiger partial charge is 0.354 e. The van der Waals surface area contributed by atoms with E-state index in [1.165, 1.54) is 63.9 Å². The summed E-state index contributed by atoms with van der Waals surface area (Å²) < 4.78 is 2.69. The molecule has 0 radical (unpaired) electrons. The van der Waals surface area contributed by atoms with Crippen LogP contribution in [-0.2, 0) is 0 Å². The van der Waals surface area contributed by atoms with Crippen molar-refractivity contribution in [2.45, 2.75) is 0 Å². The van der Waals surface area contributed by atoms with E-state index in [0.717, 1.165) is 0 Å². The van der Waals surface area contributed by atoms with Crippen molar-refractivity contribution in [3.05, 3.63) is 97.1 Å². The minimum atomic E-state index is 1.19. The Hall–Kier alpha value is -3.62. The predicted molar refractivity (Wildman–Crippen MR) is 132 cm³/mol. The van der Waals surface area contributed by atoms with Crippen LogP contribution in [0.15, 0.2) is 97.1 Å². The maximum atomic E-state index is 3.66. The van der Waals surface area contributed by atoms with Crippen LogP contribution in [-0.4, -0.2) is 4.98 Å². The zero-order valence-electron chi connectivity index (χ0n) is 16.1. The highest BCUT2D eigenvalue weighted by Gasteiger charge is 2.13. The normalized spacial score (nSPS) is 12.0. The molecule has 5 aromatic carbocycles. The average Bonchev–Trinajstić information content (AvgIpc) is 3.37. The Balaban J connectivity index is 1.57. The van der Waals surface area contributed by atoms with E-state index >= 15 is 0 Å². The lowest BCUT2D eigenvalue weighted by Crippen LogP contribution is -1.81. The van der Waals surface area contributed by atoms with Crippen molar-refractivity contribution in [3.63, 3.8) is 0 Å².